The Morgan fingerprint density at radius 1 is 1.28 bits per heavy atom. The van der Waals surface area contributed by atoms with Crippen LogP contribution in [-0.2, 0) is 13.0 Å². The first-order valence-corrected chi connectivity index (χ1v) is 7.20. The zero-order chi connectivity index (χ0) is 12.4. The van der Waals surface area contributed by atoms with Gasteiger partial charge in [-0.1, -0.05) is 18.2 Å². The largest absolute Gasteiger partial charge is 0.465 e. The van der Waals surface area contributed by atoms with Crippen molar-refractivity contribution in [1.29, 1.82) is 0 Å². The molecule has 1 aliphatic rings. The van der Waals surface area contributed by atoms with E-state index in [1.165, 1.54) is 16.9 Å². The van der Waals surface area contributed by atoms with Crippen molar-refractivity contribution in [3.63, 3.8) is 0 Å². The number of thioether (sulfide) groups is 1. The van der Waals surface area contributed by atoms with Gasteiger partial charge in [-0.2, -0.15) is 0 Å². The summed E-state index contributed by atoms with van der Waals surface area (Å²) in [7, 11) is 0. The number of aryl methyl sites for hydroxylation is 1. The van der Waals surface area contributed by atoms with Crippen molar-refractivity contribution < 1.29 is 4.42 Å². The van der Waals surface area contributed by atoms with Crippen LogP contribution in [0.15, 0.2) is 45.7 Å². The first-order chi connectivity index (χ1) is 8.81. The van der Waals surface area contributed by atoms with Crippen molar-refractivity contribution in [2.24, 2.45) is 0 Å². The van der Waals surface area contributed by atoms with Gasteiger partial charge in [-0.05, 0) is 37.1 Å². The monoisotopic (exact) mass is 259 g/mol. The minimum absolute atomic E-state index is 0.651. The van der Waals surface area contributed by atoms with E-state index < -0.39 is 0 Å². The Labute approximate surface area is 112 Å². The van der Waals surface area contributed by atoms with Crippen LogP contribution in [0, 0.1) is 6.92 Å². The van der Waals surface area contributed by atoms with E-state index in [1.807, 2.05) is 30.8 Å². The topological polar surface area (TPSA) is 25.2 Å². The van der Waals surface area contributed by atoms with E-state index in [9.17, 15) is 0 Å². The molecule has 0 radical (unpaired) electrons. The van der Waals surface area contributed by atoms with Gasteiger partial charge >= 0.3 is 0 Å². The van der Waals surface area contributed by atoms with Gasteiger partial charge in [-0.3, -0.25) is 0 Å². The Bertz CT molecular complexity index is 510. The van der Waals surface area contributed by atoms with Gasteiger partial charge in [0.1, 0.15) is 11.5 Å². The molecular formula is C15H17NOS. The van der Waals surface area contributed by atoms with E-state index in [4.69, 9.17) is 4.42 Å². The number of rotatable bonds is 4. The summed E-state index contributed by atoms with van der Waals surface area (Å²) >= 11 is 1.98. The molecule has 0 bridgehead atoms. The number of fused-ring (bicyclic) bond motifs is 1. The van der Waals surface area contributed by atoms with Crippen molar-refractivity contribution >= 4 is 11.8 Å². The van der Waals surface area contributed by atoms with Gasteiger partial charge in [-0.15, -0.1) is 11.8 Å². The first-order valence-electron chi connectivity index (χ1n) is 6.32. The second-order valence-corrected chi connectivity index (χ2v) is 6.04. The quantitative estimate of drug-likeness (QED) is 0.911. The van der Waals surface area contributed by atoms with E-state index in [2.05, 4.69) is 29.6 Å². The second-order valence-electron chi connectivity index (χ2n) is 4.69. The van der Waals surface area contributed by atoms with E-state index in [0.717, 1.165) is 24.6 Å². The highest BCUT2D eigenvalue weighted by Gasteiger charge is 2.21. The average molecular weight is 259 g/mol. The van der Waals surface area contributed by atoms with Gasteiger partial charge < -0.3 is 9.73 Å². The number of furan rings is 1. The SMILES string of the molecule is Cc1ccc(CNCC2Cc3ccccc3S2)o1. The van der Waals surface area contributed by atoms with E-state index in [1.54, 1.807) is 0 Å². The minimum Gasteiger partial charge on any atom is -0.465 e. The maximum absolute atomic E-state index is 5.54. The predicted molar refractivity (Wildman–Crippen MR) is 74.9 cm³/mol. The Morgan fingerprint density at radius 3 is 2.94 bits per heavy atom. The fourth-order valence-corrected chi connectivity index (χ4v) is 3.59. The molecule has 18 heavy (non-hydrogen) atoms. The van der Waals surface area contributed by atoms with Crippen molar-refractivity contribution in [3.05, 3.63) is 53.5 Å². The summed E-state index contributed by atoms with van der Waals surface area (Å²) in [4.78, 5) is 1.44. The van der Waals surface area contributed by atoms with Gasteiger partial charge in [0.2, 0.25) is 0 Å². The summed E-state index contributed by atoms with van der Waals surface area (Å²) < 4.78 is 5.54. The molecule has 1 unspecified atom stereocenters. The lowest BCUT2D eigenvalue weighted by Crippen LogP contribution is -2.23. The Balaban J connectivity index is 1.48. The second kappa shape index (κ2) is 5.21. The van der Waals surface area contributed by atoms with Crippen LogP contribution < -0.4 is 5.32 Å². The molecule has 0 aliphatic carbocycles. The highest BCUT2D eigenvalue weighted by Crippen LogP contribution is 2.36. The van der Waals surface area contributed by atoms with E-state index >= 15 is 0 Å². The van der Waals surface area contributed by atoms with Crippen molar-refractivity contribution in [2.75, 3.05) is 6.54 Å². The molecule has 0 saturated heterocycles. The summed E-state index contributed by atoms with van der Waals surface area (Å²) in [5.74, 6) is 2.00. The fourth-order valence-electron chi connectivity index (χ4n) is 2.30. The van der Waals surface area contributed by atoms with Crippen LogP contribution in [0.5, 0.6) is 0 Å². The lowest BCUT2D eigenvalue weighted by atomic mass is 10.1. The van der Waals surface area contributed by atoms with Crippen LogP contribution >= 0.6 is 11.8 Å². The summed E-state index contributed by atoms with van der Waals surface area (Å²) in [5.41, 5.74) is 1.49. The third-order valence-corrected chi connectivity index (χ3v) is 4.50. The van der Waals surface area contributed by atoms with Gasteiger partial charge in [-0.25, -0.2) is 0 Å². The van der Waals surface area contributed by atoms with Crippen LogP contribution in [0.1, 0.15) is 17.1 Å². The smallest absolute Gasteiger partial charge is 0.117 e. The molecule has 1 N–H and O–H groups in total. The number of nitrogens with one attached hydrogen (secondary N) is 1. The standard InChI is InChI=1S/C15H17NOS/c1-11-6-7-13(17-11)9-16-10-14-8-12-4-2-3-5-15(12)18-14/h2-7,14,16H,8-10H2,1H3. The first kappa shape index (κ1) is 11.9. The highest BCUT2D eigenvalue weighted by molar-refractivity contribution is 8.00. The molecule has 2 heterocycles. The Morgan fingerprint density at radius 2 is 2.17 bits per heavy atom. The van der Waals surface area contributed by atoms with E-state index in [-0.39, 0.29) is 0 Å². The Kier molecular flexibility index (Phi) is 3.43. The number of hydrogen-bond acceptors (Lipinski definition) is 3. The molecule has 3 heteroatoms. The molecule has 1 aliphatic heterocycles. The van der Waals surface area contributed by atoms with Crippen LogP contribution in [0.2, 0.25) is 0 Å². The normalized spacial score (nSPS) is 17.9. The molecular weight excluding hydrogens is 242 g/mol. The Hall–Kier alpha value is -1.19. The van der Waals surface area contributed by atoms with Gasteiger partial charge in [0.25, 0.3) is 0 Å². The van der Waals surface area contributed by atoms with Gasteiger partial charge in [0.05, 0.1) is 6.54 Å². The van der Waals surface area contributed by atoms with Crippen LogP contribution in [-0.4, -0.2) is 11.8 Å². The third-order valence-electron chi connectivity index (χ3n) is 3.18. The summed E-state index contributed by atoms with van der Waals surface area (Å²) in [6, 6.07) is 12.7. The number of hydrogen-bond donors (Lipinski definition) is 1. The van der Waals surface area contributed by atoms with Crippen LogP contribution in [0.25, 0.3) is 0 Å². The zero-order valence-electron chi connectivity index (χ0n) is 10.5. The molecule has 94 valence electrons. The van der Waals surface area contributed by atoms with Gasteiger partial charge in [0, 0.05) is 16.7 Å². The molecule has 0 saturated carbocycles. The number of benzene rings is 1. The zero-order valence-corrected chi connectivity index (χ0v) is 11.3. The lowest BCUT2D eigenvalue weighted by molar-refractivity contribution is 0.462. The van der Waals surface area contributed by atoms with E-state index in [0.29, 0.717) is 5.25 Å². The van der Waals surface area contributed by atoms with Gasteiger partial charge in [0.15, 0.2) is 0 Å². The maximum Gasteiger partial charge on any atom is 0.117 e. The summed E-state index contributed by atoms with van der Waals surface area (Å²) in [6.07, 6.45) is 1.17. The molecule has 0 fully saturated rings. The van der Waals surface area contributed by atoms with Crippen LogP contribution in [0.3, 0.4) is 0 Å². The van der Waals surface area contributed by atoms with Crippen LogP contribution in [0.4, 0.5) is 0 Å². The molecule has 1 atom stereocenters. The molecule has 0 amide bonds. The molecule has 0 spiro atoms. The third kappa shape index (κ3) is 2.62. The van der Waals surface area contributed by atoms with Crippen molar-refractivity contribution in [3.8, 4) is 0 Å². The van der Waals surface area contributed by atoms with Crippen molar-refractivity contribution in [1.82, 2.24) is 5.32 Å². The molecule has 2 aromatic rings. The fraction of sp³-hybridized carbons (Fsp3) is 0.333. The molecule has 2 nitrogen and oxygen atoms in total. The summed E-state index contributed by atoms with van der Waals surface area (Å²) in [5, 5.41) is 4.13. The summed E-state index contributed by atoms with van der Waals surface area (Å²) in [6.45, 7) is 3.83. The highest BCUT2D eigenvalue weighted by atomic mass is 32.2. The molecule has 1 aromatic carbocycles. The lowest BCUT2D eigenvalue weighted by Gasteiger charge is -2.08. The van der Waals surface area contributed by atoms with Crippen molar-refractivity contribution in [2.45, 2.75) is 30.0 Å². The maximum atomic E-state index is 5.54. The average Bonchev–Trinajstić information content (AvgIpc) is 2.95. The molecule has 1 aromatic heterocycles. The predicted octanol–water partition coefficient (Wildman–Crippen LogP) is 3.39. The molecule has 3 rings (SSSR count). The minimum atomic E-state index is 0.651.